The first-order valence-corrected chi connectivity index (χ1v) is 13.8. The van der Waals surface area contributed by atoms with E-state index in [2.05, 4.69) is 59.5 Å². The second kappa shape index (κ2) is 11.0. The van der Waals surface area contributed by atoms with Crippen molar-refractivity contribution in [3.63, 3.8) is 0 Å². The van der Waals surface area contributed by atoms with E-state index in [-0.39, 0.29) is 6.10 Å². The molecule has 1 aromatic carbocycles. The Morgan fingerprint density at radius 1 is 1.03 bits per heavy atom. The quantitative estimate of drug-likeness (QED) is 0.330. The van der Waals surface area contributed by atoms with Crippen molar-refractivity contribution in [3.8, 4) is 11.1 Å². The number of aliphatic hydroxyl groups excluding tert-OH is 1. The first kappa shape index (κ1) is 24.1. The molecule has 3 aromatic rings. The van der Waals surface area contributed by atoms with Gasteiger partial charge in [-0.05, 0) is 69.6 Å². The van der Waals surface area contributed by atoms with Crippen LogP contribution in [0.25, 0.3) is 22.2 Å². The smallest absolute Gasteiger partial charge is 0.224 e. The van der Waals surface area contributed by atoms with Gasteiger partial charge in [0.2, 0.25) is 5.95 Å². The van der Waals surface area contributed by atoms with Gasteiger partial charge < -0.3 is 20.3 Å². The number of benzene rings is 1. The van der Waals surface area contributed by atoms with Gasteiger partial charge in [-0.1, -0.05) is 44.7 Å². The molecule has 2 aromatic heterocycles. The second-order valence-electron chi connectivity index (χ2n) is 10.7. The lowest BCUT2D eigenvalue weighted by molar-refractivity contribution is 0.111. The summed E-state index contributed by atoms with van der Waals surface area (Å²) in [6.45, 7) is 4.39. The normalized spacial score (nSPS) is 22.3. The van der Waals surface area contributed by atoms with Crippen LogP contribution < -0.4 is 10.6 Å². The van der Waals surface area contributed by atoms with Crippen LogP contribution in [0.3, 0.4) is 0 Å². The predicted molar refractivity (Wildman–Crippen MR) is 145 cm³/mol. The second-order valence-corrected chi connectivity index (χ2v) is 10.7. The molecule has 2 fully saturated rings. The third-order valence-corrected chi connectivity index (χ3v) is 7.90. The summed E-state index contributed by atoms with van der Waals surface area (Å²) in [6.07, 6.45) is 16.6. The summed E-state index contributed by atoms with van der Waals surface area (Å²) in [7, 11) is 0. The van der Waals surface area contributed by atoms with E-state index in [1.807, 2.05) is 6.20 Å². The fourth-order valence-corrected chi connectivity index (χ4v) is 5.90. The van der Waals surface area contributed by atoms with E-state index < -0.39 is 0 Å². The van der Waals surface area contributed by atoms with Crippen molar-refractivity contribution >= 4 is 22.7 Å². The minimum Gasteiger partial charge on any atom is -0.393 e. The largest absolute Gasteiger partial charge is 0.393 e. The van der Waals surface area contributed by atoms with Crippen molar-refractivity contribution in [1.29, 1.82) is 0 Å². The van der Waals surface area contributed by atoms with Gasteiger partial charge >= 0.3 is 0 Å². The summed E-state index contributed by atoms with van der Waals surface area (Å²) in [5.41, 5.74) is 4.58. The van der Waals surface area contributed by atoms with Crippen LogP contribution in [-0.4, -0.2) is 37.8 Å². The highest BCUT2D eigenvalue weighted by Crippen LogP contribution is 2.37. The molecule has 0 bridgehead atoms. The molecule has 0 spiro atoms. The summed E-state index contributed by atoms with van der Waals surface area (Å²) in [6, 6.07) is 10.2. The number of nitrogens with one attached hydrogen (secondary N) is 2. The van der Waals surface area contributed by atoms with Crippen LogP contribution in [-0.2, 0) is 0 Å². The highest BCUT2D eigenvalue weighted by molar-refractivity contribution is 5.94. The Balaban J connectivity index is 1.45. The number of fused-ring (bicyclic) bond motifs is 1. The zero-order valence-electron chi connectivity index (χ0n) is 21.3. The molecular formula is C29H41N5O. The van der Waals surface area contributed by atoms with Crippen LogP contribution in [0.1, 0.15) is 90.5 Å². The fraction of sp³-hybridized carbons (Fsp3) is 0.586. The molecule has 0 saturated heterocycles. The Morgan fingerprint density at radius 2 is 1.77 bits per heavy atom. The van der Waals surface area contributed by atoms with Crippen LogP contribution >= 0.6 is 0 Å². The molecule has 2 aliphatic rings. The summed E-state index contributed by atoms with van der Waals surface area (Å²) in [4.78, 5) is 9.69. The topological polar surface area (TPSA) is 75.0 Å². The van der Waals surface area contributed by atoms with E-state index in [4.69, 9.17) is 9.97 Å². The Hall–Kier alpha value is -2.60. The highest BCUT2D eigenvalue weighted by atomic mass is 16.3. The van der Waals surface area contributed by atoms with E-state index >= 15 is 0 Å². The number of anilines is 2. The zero-order valence-corrected chi connectivity index (χ0v) is 21.3. The lowest BCUT2D eigenvalue weighted by Gasteiger charge is -2.27. The molecular weight excluding hydrogens is 434 g/mol. The van der Waals surface area contributed by atoms with Gasteiger partial charge in [-0.25, -0.2) is 4.98 Å². The van der Waals surface area contributed by atoms with E-state index in [1.165, 1.54) is 48.9 Å². The van der Waals surface area contributed by atoms with Crippen molar-refractivity contribution in [2.75, 3.05) is 10.6 Å². The highest BCUT2D eigenvalue weighted by Gasteiger charge is 2.24. The molecule has 2 heterocycles. The van der Waals surface area contributed by atoms with Crippen LogP contribution in [0.15, 0.2) is 36.7 Å². The molecule has 35 heavy (non-hydrogen) atoms. The van der Waals surface area contributed by atoms with Crippen molar-refractivity contribution in [2.45, 2.75) is 109 Å². The zero-order chi connectivity index (χ0) is 24.2. The molecule has 0 unspecified atom stereocenters. The van der Waals surface area contributed by atoms with Crippen molar-refractivity contribution in [2.24, 2.45) is 0 Å². The molecule has 2 aliphatic carbocycles. The fourth-order valence-electron chi connectivity index (χ4n) is 5.90. The molecule has 188 valence electrons. The lowest BCUT2D eigenvalue weighted by atomic mass is 9.93. The summed E-state index contributed by atoms with van der Waals surface area (Å²) < 4.78 is 2.35. The third-order valence-electron chi connectivity index (χ3n) is 7.90. The van der Waals surface area contributed by atoms with Crippen molar-refractivity contribution in [3.05, 3.63) is 36.7 Å². The maximum Gasteiger partial charge on any atom is 0.224 e. The standard InChI is InChI=1S/C29H41N5O/c1-3-7-20(2)31-29-30-18-26-27(19-34(28(26)33-29)24-14-16-25(35)17-15-24)21-10-12-23(13-11-21)32-22-8-5-4-6-9-22/h10-13,18-20,22,24-25,32,35H,3-9,14-17H2,1-2H3,(H,30,31,33)/t20-,24?,25?/m0/s1. The minimum atomic E-state index is -0.168. The lowest BCUT2D eigenvalue weighted by Crippen LogP contribution is -2.22. The van der Waals surface area contributed by atoms with Gasteiger partial charge in [0.1, 0.15) is 5.65 Å². The van der Waals surface area contributed by atoms with Crippen molar-refractivity contribution in [1.82, 2.24) is 14.5 Å². The van der Waals surface area contributed by atoms with Gasteiger partial charge in [-0.3, -0.25) is 0 Å². The SMILES string of the molecule is CCC[C@H](C)Nc1ncc2c(-c3ccc(NC4CCCCC4)cc3)cn(C3CCC(O)CC3)c2n1. The number of rotatable bonds is 8. The number of aliphatic hydroxyl groups is 1. The van der Waals surface area contributed by atoms with E-state index in [0.717, 1.165) is 49.6 Å². The van der Waals surface area contributed by atoms with Crippen LogP contribution in [0.4, 0.5) is 11.6 Å². The molecule has 5 rings (SSSR count). The Morgan fingerprint density at radius 3 is 2.49 bits per heavy atom. The summed E-state index contributed by atoms with van der Waals surface area (Å²) in [5.74, 6) is 0.701. The molecule has 0 radical (unpaired) electrons. The molecule has 2 saturated carbocycles. The summed E-state index contributed by atoms with van der Waals surface area (Å²) in [5, 5.41) is 18.4. The van der Waals surface area contributed by atoms with E-state index in [9.17, 15) is 5.11 Å². The van der Waals surface area contributed by atoms with Gasteiger partial charge in [-0.15, -0.1) is 0 Å². The first-order valence-electron chi connectivity index (χ1n) is 13.8. The van der Waals surface area contributed by atoms with Gasteiger partial charge in [0.15, 0.2) is 0 Å². The van der Waals surface area contributed by atoms with Gasteiger partial charge in [0.25, 0.3) is 0 Å². The molecule has 0 amide bonds. The number of hydrogen-bond acceptors (Lipinski definition) is 5. The number of nitrogens with zero attached hydrogens (tertiary/aromatic N) is 3. The first-order chi connectivity index (χ1) is 17.1. The molecule has 1 atom stereocenters. The Labute approximate surface area is 209 Å². The molecule has 6 heteroatoms. The molecule has 6 nitrogen and oxygen atoms in total. The van der Waals surface area contributed by atoms with Crippen LogP contribution in [0.5, 0.6) is 0 Å². The monoisotopic (exact) mass is 475 g/mol. The maximum absolute atomic E-state index is 10.1. The maximum atomic E-state index is 10.1. The Bertz CT molecular complexity index is 1090. The number of aromatic nitrogens is 3. The van der Waals surface area contributed by atoms with Gasteiger partial charge in [-0.2, -0.15) is 4.98 Å². The van der Waals surface area contributed by atoms with Crippen LogP contribution in [0, 0.1) is 0 Å². The number of hydrogen-bond donors (Lipinski definition) is 3. The third kappa shape index (κ3) is 5.64. The minimum absolute atomic E-state index is 0.168. The van der Waals surface area contributed by atoms with Gasteiger partial charge in [0.05, 0.1) is 6.10 Å². The average Bonchev–Trinajstić information content (AvgIpc) is 3.24. The predicted octanol–water partition coefficient (Wildman–Crippen LogP) is 6.92. The van der Waals surface area contributed by atoms with Gasteiger partial charge in [0, 0.05) is 47.2 Å². The Kier molecular flexibility index (Phi) is 7.57. The van der Waals surface area contributed by atoms with E-state index in [0.29, 0.717) is 24.1 Å². The van der Waals surface area contributed by atoms with E-state index in [1.54, 1.807) is 0 Å². The summed E-state index contributed by atoms with van der Waals surface area (Å²) >= 11 is 0. The van der Waals surface area contributed by atoms with Crippen LogP contribution in [0.2, 0.25) is 0 Å². The molecule has 3 N–H and O–H groups in total. The van der Waals surface area contributed by atoms with Crippen molar-refractivity contribution < 1.29 is 5.11 Å². The molecule has 0 aliphatic heterocycles. The average molecular weight is 476 g/mol.